The van der Waals surface area contributed by atoms with Crippen LogP contribution in [0.1, 0.15) is 11.5 Å². The van der Waals surface area contributed by atoms with Crippen molar-refractivity contribution < 1.29 is 8.92 Å². The third kappa shape index (κ3) is 3.18. The van der Waals surface area contributed by atoms with Gasteiger partial charge in [0.2, 0.25) is 11.2 Å². The van der Waals surface area contributed by atoms with E-state index >= 15 is 0 Å². The molecule has 3 N–H and O–H groups in total. The number of nitrogens with two attached hydrogens (primary N) is 1. The lowest BCUT2D eigenvalue weighted by Gasteiger charge is -2.09. The highest BCUT2D eigenvalue weighted by Crippen LogP contribution is 2.32. The molecule has 0 amide bonds. The number of hydrogen-bond donors (Lipinski definition) is 2. The molecule has 0 spiro atoms. The molecule has 0 atom stereocenters. The minimum Gasteiger partial charge on any atom is -0.361 e. The molecule has 1 aromatic carbocycles. The molecule has 0 saturated heterocycles. The standard InChI is InChI=1S/C22H19N7O3/c1-13-10-16(26-32-13)12-28-22(31)29-20(25-28)18(15-8-9-17(30)27(2)11-15)19(24-21(29)23)14-6-4-3-5-7-14/h3-11H,12H2,1-2H3,(H2,23,24,25)/p+1. The highest BCUT2D eigenvalue weighted by atomic mass is 16.5. The van der Waals surface area contributed by atoms with Gasteiger partial charge in [0.1, 0.15) is 23.7 Å². The molecule has 160 valence electrons. The molecule has 0 saturated carbocycles. The van der Waals surface area contributed by atoms with Gasteiger partial charge in [0.05, 0.1) is 5.56 Å². The Morgan fingerprint density at radius 2 is 1.91 bits per heavy atom. The van der Waals surface area contributed by atoms with Crippen molar-refractivity contribution in [3.05, 3.63) is 87.0 Å². The maximum atomic E-state index is 13.2. The van der Waals surface area contributed by atoms with Crippen molar-refractivity contribution in [1.29, 1.82) is 0 Å². The minimum atomic E-state index is -0.392. The molecule has 0 bridgehead atoms. The molecular formula is C22H20N7O3+. The molecule has 0 fully saturated rings. The monoisotopic (exact) mass is 430 g/mol. The molecule has 0 radical (unpaired) electrons. The van der Waals surface area contributed by atoms with Gasteiger partial charge in [-0.25, -0.2) is 9.89 Å². The van der Waals surface area contributed by atoms with Gasteiger partial charge >= 0.3 is 11.6 Å². The van der Waals surface area contributed by atoms with E-state index in [2.05, 4.69) is 15.2 Å². The highest BCUT2D eigenvalue weighted by molar-refractivity contribution is 5.88. The van der Waals surface area contributed by atoms with Crippen LogP contribution < -0.4 is 21.4 Å². The Hall–Kier alpha value is -4.47. The van der Waals surface area contributed by atoms with E-state index in [1.165, 1.54) is 19.7 Å². The van der Waals surface area contributed by atoms with Crippen molar-refractivity contribution in [1.82, 2.24) is 24.5 Å². The Morgan fingerprint density at radius 1 is 1.12 bits per heavy atom. The van der Waals surface area contributed by atoms with Gasteiger partial charge < -0.3 is 14.8 Å². The van der Waals surface area contributed by atoms with Gasteiger partial charge in [0.15, 0.2) is 0 Å². The molecule has 10 nitrogen and oxygen atoms in total. The van der Waals surface area contributed by atoms with Crippen molar-refractivity contribution in [2.45, 2.75) is 13.5 Å². The number of fused-ring (bicyclic) bond motifs is 1. The van der Waals surface area contributed by atoms with E-state index in [0.29, 0.717) is 33.9 Å². The normalized spacial score (nSPS) is 11.3. The number of aromatic amines is 1. The zero-order valence-electron chi connectivity index (χ0n) is 17.4. The number of benzene rings is 1. The van der Waals surface area contributed by atoms with E-state index in [4.69, 9.17) is 10.3 Å². The maximum Gasteiger partial charge on any atom is 0.428 e. The molecule has 4 heterocycles. The van der Waals surface area contributed by atoms with Gasteiger partial charge in [-0.1, -0.05) is 35.5 Å². The van der Waals surface area contributed by atoms with Crippen LogP contribution in [0.3, 0.4) is 0 Å². The molecule has 0 unspecified atom stereocenters. The smallest absolute Gasteiger partial charge is 0.361 e. The van der Waals surface area contributed by atoms with E-state index in [9.17, 15) is 9.59 Å². The van der Waals surface area contributed by atoms with Gasteiger partial charge in [-0.05, 0) is 13.0 Å². The number of aryl methyl sites for hydroxylation is 2. The summed E-state index contributed by atoms with van der Waals surface area (Å²) in [7, 11) is 1.67. The third-order valence-electron chi connectivity index (χ3n) is 5.23. The Balaban J connectivity index is 1.83. The predicted octanol–water partition coefficient (Wildman–Crippen LogP) is 1.27. The van der Waals surface area contributed by atoms with Gasteiger partial charge in [0, 0.05) is 36.5 Å². The lowest BCUT2D eigenvalue weighted by atomic mass is 10.0. The van der Waals surface area contributed by atoms with Gasteiger partial charge in [-0.3, -0.25) is 4.79 Å². The summed E-state index contributed by atoms with van der Waals surface area (Å²) in [6.45, 7) is 1.95. The van der Waals surface area contributed by atoms with Crippen LogP contribution in [0.15, 0.2) is 68.8 Å². The van der Waals surface area contributed by atoms with Crippen LogP contribution in [0, 0.1) is 6.92 Å². The summed E-state index contributed by atoms with van der Waals surface area (Å²) in [6.07, 6.45) is 1.71. The maximum absolute atomic E-state index is 13.2. The Kier molecular flexibility index (Phi) is 4.47. The molecule has 0 aliphatic carbocycles. The summed E-state index contributed by atoms with van der Waals surface area (Å²) >= 11 is 0. The zero-order chi connectivity index (χ0) is 22.4. The molecular weight excluding hydrogens is 410 g/mol. The fraction of sp³-hybridized carbons (Fsp3) is 0.136. The SMILES string of the molecule is Cc1cc(Cn2[nH]c3c(-c4ccc(=O)n(C)c4)c(-c4ccccc4)nc(N)[n+]3c2=O)no1. The summed E-state index contributed by atoms with van der Waals surface area (Å²) in [4.78, 5) is 29.7. The fourth-order valence-corrected chi connectivity index (χ4v) is 3.74. The first kappa shape index (κ1) is 19.5. The zero-order valence-corrected chi connectivity index (χ0v) is 17.4. The van der Waals surface area contributed by atoms with Crippen LogP contribution in [0.4, 0.5) is 5.95 Å². The van der Waals surface area contributed by atoms with Crippen molar-refractivity contribution >= 4 is 11.6 Å². The molecule has 0 aliphatic heterocycles. The Morgan fingerprint density at radius 3 is 2.59 bits per heavy atom. The van der Waals surface area contributed by atoms with E-state index in [1.807, 2.05) is 30.3 Å². The van der Waals surface area contributed by atoms with E-state index in [0.717, 1.165) is 5.56 Å². The van der Waals surface area contributed by atoms with E-state index < -0.39 is 5.69 Å². The number of nitrogens with one attached hydrogen (secondary N) is 1. The largest absolute Gasteiger partial charge is 0.428 e. The molecule has 32 heavy (non-hydrogen) atoms. The quantitative estimate of drug-likeness (QED) is 0.413. The third-order valence-corrected chi connectivity index (χ3v) is 5.23. The van der Waals surface area contributed by atoms with Crippen molar-refractivity contribution in [2.24, 2.45) is 7.05 Å². The van der Waals surface area contributed by atoms with Crippen LogP contribution >= 0.6 is 0 Å². The van der Waals surface area contributed by atoms with Crippen LogP contribution in [0.25, 0.3) is 28.0 Å². The topological polar surface area (TPSA) is 129 Å². The highest BCUT2D eigenvalue weighted by Gasteiger charge is 2.26. The van der Waals surface area contributed by atoms with Crippen LogP contribution in [0.5, 0.6) is 0 Å². The lowest BCUT2D eigenvalue weighted by molar-refractivity contribution is -0.516. The predicted molar refractivity (Wildman–Crippen MR) is 117 cm³/mol. The second-order valence-corrected chi connectivity index (χ2v) is 7.52. The first-order valence-electron chi connectivity index (χ1n) is 9.91. The lowest BCUT2D eigenvalue weighted by Crippen LogP contribution is -2.44. The number of aromatic nitrogens is 6. The summed E-state index contributed by atoms with van der Waals surface area (Å²) < 4.78 is 9.30. The number of rotatable bonds is 4. The second kappa shape index (κ2) is 7.34. The summed E-state index contributed by atoms with van der Waals surface area (Å²) in [5.41, 5.74) is 9.52. The number of pyridine rings is 1. The van der Waals surface area contributed by atoms with Crippen LogP contribution in [-0.4, -0.2) is 24.5 Å². The number of nitrogens with zero attached hydrogens (tertiary/aromatic N) is 5. The minimum absolute atomic E-state index is 0.0451. The number of nitrogen functional groups attached to an aromatic ring is 1. The van der Waals surface area contributed by atoms with E-state index in [-0.39, 0.29) is 18.1 Å². The Bertz CT molecular complexity index is 1580. The summed E-state index contributed by atoms with van der Waals surface area (Å²) in [5, 5.41) is 7.11. The first-order chi connectivity index (χ1) is 15.4. The van der Waals surface area contributed by atoms with Crippen molar-refractivity contribution in [3.8, 4) is 22.4 Å². The molecule has 5 aromatic rings. The van der Waals surface area contributed by atoms with Crippen molar-refractivity contribution in [2.75, 3.05) is 5.73 Å². The van der Waals surface area contributed by atoms with Gasteiger partial charge in [-0.15, -0.1) is 9.38 Å². The molecule has 0 aliphatic rings. The second-order valence-electron chi connectivity index (χ2n) is 7.52. The van der Waals surface area contributed by atoms with Gasteiger partial charge in [-0.2, -0.15) is 4.68 Å². The Labute approximate surface area is 181 Å². The first-order valence-corrected chi connectivity index (χ1v) is 9.91. The van der Waals surface area contributed by atoms with Crippen LogP contribution in [0.2, 0.25) is 0 Å². The van der Waals surface area contributed by atoms with Gasteiger partial charge in [0.25, 0.3) is 0 Å². The fourth-order valence-electron chi connectivity index (χ4n) is 3.74. The summed E-state index contributed by atoms with van der Waals surface area (Å²) in [6, 6.07) is 14.5. The number of H-pyrrole nitrogens is 1. The average molecular weight is 430 g/mol. The number of hydrogen-bond acceptors (Lipinski definition) is 6. The van der Waals surface area contributed by atoms with E-state index in [1.54, 1.807) is 32.3 Å². The van der Waals surface area contributed by atoms with Crippen LogP contribution in [-0.2, 0) is 13.6 Å². The molecule has 5 rings (SSSR count). The summed E-state index contributed by atoms with van der Waals surface area (Å²) in [5.74, 6) is 0.694. The van der Waals surface area contributed by atoms with Crippen molar-refractivity contribution in [3.63, 3.8) is 0 Å². The molecule has 4 aromatic heterocycles. The molecule has 10 heteroatoms. The average Bonchev–Trinajstić information content (AvgIpc) is 3.34. The number of anilines is 1.